The molecular formula is C10H17N3O3. The van der Waals surface area contributed by atoms with Crippen LogP contribution in [0.15, 0.2) is 5.11 Å². The second-order valence-corrected chi connectivity index (χ2v) is 4.03. The molecule has 0 aromatic rings. The number of nitrogens with zero attached hydrogens (tertiary/aromatic N) is 3. The van der Waals surface area contributed by atoms with E-state index in [1.165, 1.54) is 6.42 Å². The summed E-state index contributed by atoms with van der Waals surface area (Å²) < 4.78 is 4.97. The van der Waals surface area contributed by atoms with Crippen molar-refractivity contribution in [3.8, 4) is 0 Å². The van der Waals surface area contributed by atoms with Crippen LogP contribution in [-0.2, 0) is 9.53 Å². The first kappa shape index (κ1) is 12.8. The Balaban J connectivity index is 2.20. The standard InChI is InChI=1S/C10H17N3O3/c11-13-12-6-9(14)7-16-10(15)8-4-2-1-3-5-8/h8-9,14H,1-7H2. The maximum absolute atomic E-state index is 11.5. The lowest BCUT2D eigenvalue weighted by atomic mass is 9.89. The average Bonchev–Trinajstić information content (AvgIpc) is 2.34. The van der Waals surface area contributed by atoms with Gasteiger partial charge in [0.1, 0.15) is 6.61 Å². The van der Waals surface area contributed by atoms with E-state index < -0.39 is 6.10 Å². The van der Waals surface area contributed by atoms with Gasteiger partial charge in [-0.1, -0.05) is 24.4 Å². The molecule has 0 radical (unpaired) electrons. The van der Waals surface area contributed by atoms with E-state index in [-0.39, 0.29) is 25.0 Å². The van der Waals surface area contributed by atoms with Crippen molar-refractivity contribution in [1.82, 2.24) is 0 Å². The van der Waals surface area contributed by atoms with Crippen LogP contribution in [0.3, 0.4) is 0 Å². The Labute approximate surface area is 94.2 Å². The molecule has 0 amide bonds. The minimum Gasteiger partial charge on any atom is -0.463 e. The molecule has 1 aliphatic rings. The fourth-order valence-electron chi connectivity index (χ4n) is 1.82. The van der Waals surface area contributed by atoms with Gasteiger partial charge in [0.15, 0.2) is 0 Å². The maximum Gasteiger partial charge on any atom is 0.309 e. The number of rotatable bonds is 5. The highest BCUT2D eigenvalue weighted by atomic mass is 16.5. The fraction of sp³-hybridized carbons (Fsp3) is 0.900. The Bertz CT molecular complexity index is 270. The normalized spacial score (nSPS) is 18.6. The molecule has 90 valence electrons. The molecule has 6 heteroatoms. The van der Waals surface area contributed by atoms with Gasteiger partial charge in [0.25, 0.3) is 0 Å². The monoisotopic (exact) mass is 227 g/mol. The summed E-state index contributed by atoms with van der Waals surface area (Å²) in [6, 6.07) is 0. The van der Waals surface area contributed by atoms with Crippen molar-refractivity contribution in [3.05, 3.63) is 10.4 Å². The van der Waals surface area contributed by atoms with Gasteiger partial charge < -0.3 is 9.84 Å². The third kappa shape index (κ3) is 4.51. The van der Waals surface area contributed by atoms with Crippen molar-refractivity contribution in [2.75, 3.05) is 13.2 Å². The molecule has 1 rings (SSSR count). The topological polar surface area (TPSA) is 95.3 Å². The van der Waals surface area contributed by atoms with E-state index in [0.717, 1.165) is 25.7 Å². The van der Waals surface area contributed by atoms with Gasteiger partial charge >= 0.3 is 5.97 Å². The molecule has 16 heavy (non-hydrogen) atoms. The van der Waals surface area contributed by atoms with Gasteiger partial charge in [-0.05, 0) is 18.4 Å². The summed E-state index contributed by atoms with van der Waals surface area (Å²) in [7, 11) is 0. The zero-order valence-electron chi connectivity index (χ0n) is 9.21. The smallest absolute Gasteiger partial charge is 0.309 e. The van der Waals surface area contributed by atoms with Crippen LogP contribution in [0, 0.1) is 5.92 Å². The van der Waals surface area contributed by atoms with Gasteiger partial charge in [-0.25, -0.2) is 0 Å². The number of hydrogen-bond acceptors (Lipinski definition) is 4. The van der Waals surface area contributed by atoms with E-state index in [2.05, 4.69) is 10.0 Å². The summed E-state index contributed by atoms with van der Waals surface area (Å²) in [6.07, 6.45) is 4.19. The van der Waals surface area contributed by atoms with Crippen LogP contribution in [0.1, 0.15) is 32.1 Å². The van der Waals surface area contributed by atoms with Crippen LogP contribution in [0.4, 0.5) is 0 Å². The maximum atomic E-state index is 11.5. The minimum atomic E-state index is -0.900. The Hall–Kier alpha value is -1.26. The lowest BCUT2D eigenvalue weighted by Crippen LogP contribution is -2.26. The molecular weight excluding hydrogens is 210 g/mol. The quantitative estimate of drug-likeness (QED) is 0.335. The summed E-state index contributed by atoms with van der Waals surface area (Å²) in [5.74, 6) is -0.250. The van der Waals surface area contributed by atoms with Gasteiger partial charge in [0.2, 0.25) is 0 Å². The molecule has 1 N–H and O–H groups in total. The second-order valence-electron chi connectivity index (χ2n) is 4.03. The summed E-state index contributed by atoms with van der Waals surface area (Å²) in [4.78, 5) is 14.1. The first-order valence-corrected chi connectivity index (χ1v) is 5.59. The van der Waals surface area contributed by atoms with Crippen LogP contribution >= 0.6 is 0 Å². The largest absolute Gasteiger partial charge is 0.463 e. The Morgan fingerprint density at radius 2 is 2.19 bits per heavy atom. The highest BCUT2D eigenvalue weighted by Gasteiger charge is 2.22. The number of azide groups is 1. The molecule has 0 aliphatic heterocycles. The van der Waals surface area contributed by atoms with Crippen molar-refractivity contribution >= 4 is 5.97 Å². The number of esters is 1. The predicted octanol–water partition coefficient (Wildman–Crippen LogP) is 1.78. The minimum absolute atomic E-state index is 0.0135. The van der Waals surface area contributed by atoms with Gasteiger partial charge in [-0.2, -0.15) is 0 Å². The Morgan fingerprint density at radius 3 is 2.81 bits per heavy atom. The SMILES string of the molecule is [N-]=[N+]=NCC(O)COC(=O)C1CCCCC1. The number of carbonyl (C=O) groups is 1. The van der Waals surface area contributed by atoms with E-state index in [1.54, 1.807) is 0 Å². The van der Waals surface area contributed by atoms with Crippen LogP contribution < -0.4 is 0 Å². The number of aliphatic hydroxyl groups excluding tert-OH is 1. The van der Waals surface area contributed by atoms with Gasteiger partial charge in [0.05, 0.1) is 18.6 Å². The van der Waals surface area contributed by atoms with Gasteiger partial charge in [0, 0.05) is 4.91 Å². The molecule has 0 spiro atoms. The van der Waals surface area contributed by atoms with Crippen LogP contribution in [-0.4, -0.2) is 30.3 Å². The number of hydrogen-bond donors (Lipinski definition) is 1. The molecule has 0 aromatic carbocycles. The van der Waals surface area contributed by atoms with E-state index in [0.29, 0.717) is 0 Å². The number of ether oxygens (including phenoxy) is 1. The first-order chi connectivity index (χ1) is 7.74. The molecule has 0 saturated heterocycles. The molecule has 1 fully saturated rings. The highest BCUT2D eigenvalue weighted by molar-refractivity contribution is 5.72. The van der Waals surface area contributed by atoms with Crippen LogP contribution in [0.5, 0.6) is 0 Å². The summed E-state index contributed by atoms with van der Waals surface area (Å²) in [5.41, 5.74) is 8.04. The van der Waals surface area contributed by atoms with E-state index in [1.807, 2.05) is 0 Å². The molecule has 1 atom stereocenters. The fourth-order valence-corrected chi connectivity index (χ4v) is 1.82. The Morgan fingerprint density at radius 1 is 1.50 bits per heavy atom. The third-order valence-corrected chi connectivity index (χ3v) is 2.71. The molecule has 6 nitrogen and oxygen atoms in total. The zero-order chi connectivity index (χ0) is 11.8. The third-order valence-electron chi connectivity index (χ3n) is 2.71. The number of aliphatic hydroxyl groups is 1. The summed E-state index contributed by atoms with van der Waals surface area (Å²) in [6.45, 7) is -0.150. The van der Waals surface area contributed by atoms with Crippen molar-refractivity contribution < 1.29 is 14.6 Å². The lowest BCUT2D eigenvalue weighted by molar-refractivity contribution is -0.152. The van der Waals surface area contributed by atoms with E-state index in [9.17, 15) is 9.90 Å². The Kier molecular flexibility index (Phi) is 5.67. The molecule has 1 saturated carbocycles. The van der Waals surface area contributed by atoms with E-state index in [4.69, 9.17) is 10.3 Å². The van der Waals surface area contributed by atoms with Gasteiger partial charge in [-0.3, -0.25) is 4.79 Å². The summed E-state index contributed by atoms with van der Waals surface area (Å²) >= 11 is 0. The average molecular weight is 227 g/mol. The lowest BCUT2D eigenvalue weighted by Gasteiger charge is -2.20. The zero-order valence-corrected chi connectivity index (χ0v) is 9.21. The van der Waals surface area contributed by atoms with Gasteiger partial charge in [-0.15, -0.1) is 0 Å². The molecule has 1 unspecified atom stereocenters. The molecule has 1 aliphatic carbocycles. The molecule has 0 bridgehead atoms. The van der Waals surface area contributed by atoms with E-state index >= 15 is 0 Å². The van der Waals surface area contributed by atoms with Crippen molar-refractivity contribution in [2.45, 2.75) is 38.2 Å². The molecule has 0 aromatic heterocycles. The predicted molar refractivity (Wildman–Crippen MR) is 57.6 cm³/mol. The summed E-state index contributed by atoms with van der Waals surface area (Å²) in [5, 5.41) is 12.5. The number of carbonyl (C=O) groups excluding carboxylic acids is 1. The van der Waals surface area contributed by atoms with Crippen LogP contribution in [0.2, 0.25) is 0 Å². The van der Waals surface area contributed by atoms with Crippen molar-refractivity contribution in [3.63, 3.8) is 0 Å². The van der Waals surface area contributed by atoms with Crippen molar-refractivity contribution in [2.24, 2.45) is 11.0 Å². The van der Waals surface area contributed by atoms with Crippen LogP contribution in [0.25, 0.3) is 10.4 Å². The van der Waals surface area contributed by atoms with Crippen molar-refractivity contribution in [1.29, 1.82) is 0 Å². The second kappa shape index (κ2) is 7.09. The molecule has 0 heterocycles. The first-order valence-electron chi connectivity index (χ1n) is 5.59. The highest BCUT2D eigenvalue weighted by Crippen LogP contribution is 2.24.